The number of amides is 2. The van der Waals surface area contributed by atoms with Crippen molar-refractivity contribution in [2.45, 2.75) is 51.3 Å². The number of anilines is 1. The van der Waals surface area contributed by atoms with E-state index in [0.717, 1.165) is 24.6 Å². The molecule has 0 bridgehead atoms. The fraction of sp³-hybridized carbons (Fsp3) is 0.333. The summed E-state index contributed by atoms with van der Waals surface area (Å²) in [5.74, 6) is -0.709. The Morgan fingerprint density at radius 3 is 2.56 bits per heavy atom. The van der Waals surface area contributed by atoms with Crippen LogP contribution >= 0.6 is 11.8 Å². The Labute approximate surface area is 229 Å². The van der Waals surface area contributed by atoms with Crippen LogP contribution in [0.25, 0.3) is 5.69 Å². The number of aliphatic imine (C=N–C) groups is 1. The van der Waals surface area contributed by atoms with Crippen molar-refractivity contribution in [3.63, 3.8) is 0 Å². The number of amidine groups is 1. The van der Waals surface area contributed by atoms with E-state index in [2.05, 4.69) is 5.32 Å². The number of non-ortho nitro benzene ring substituents is 1. The van der Waals surface area contributed by atoms with Crippen LogP contribution in [-0.4, -0.2) is 47.5 Å². The minimum atomic E-state index is -0.748. The van der Waals surface area contributed by atoms with Crippen LogP contribution in [0.1, 0.15) is 38.8 Å². The molecule has 1 saturated heterocycles. The van der Waals surface area contributed by atoms with Crippen molar-refractivity contribution in [2.75, 3.05) is 5.32 Å². The number of thioether (sulfide) groups is 1. The maximum Gasteiger partial charge on any atom is 0.297 e. The average molecular weight is 551 g/mol. The van der Waals surface area contributed by atoms with Gasteiger partial charge in [-0.3, -0.25) is 34.1 Å². The molecule has 1 aliphatic rings. The largest absolute Gasteiger partial charge is 0.326 e. The Morgan fingerprint density at radius 2 is 1.90 bits per heavy atom. The predicted octanol–water partition coefficient (Wildman–Crippen LogP) is 4.54. The van der Waals surface area contributed by atoms with E-state index < -0.39 is 16.1 Å². The van der Waals surface area contributed by atoms with Crippen LogP contribution in [0.4, 0.5) is 17.1 Å². The number of carbonyl (C=O) groups is 2. The Morgan fingerprint density at radius 1 is 1.18 bits per heavy atom. The summed E-state index contributed by atoms with van der Waals surface area (Å²) in [5, 5.41) is 13.3. The SMILES string of the molecule is CCC[C@H](C)N1C(=O)[C@@H](CC(=O)Nc2cccc([N+](=O)[O-])c2)SC1=Nc1c(C)n(C)n(-c2ccccc2)c1=O. The van der Waals surface area contributed by atoms with Crippen LogP contribution in [0.2, 0.25) is 0 Å². The Balaban J connectivity index is 1.63. The smallest absolute Gasteiger partial charge is 0.297 e. The van der Waals surface area contributed by atoms with Crippen LogP contribution in [-0.2, 0) is 16.6 Å². The fourth-order valence-corrected chi connectivity index (χ4v) is 5.73. The van der Waals surface area contributed by atoms with Crippen molar-refractivity contribution >= 4 is 45.8 Å². The summed E-state index contributed by atoms with van der Waals surface area (Å²) in [6.45, 7) is 5.74. The highest BCUT2D eigenvalue weighted by molar-refractivity contribution is 8.15. The van der Waals surface area contributed by atoms with E-state index >= 15 is 0 Å². The summed E-state index contributed by atoms with van der Waals surface area (Å²) < 4.78 is 3.25. The summed E-state index contributed by atoms with van der Waals surface area (Å²) >= 11 is 1.15. The maximum absolute atomic E-state index is 13.5. The number of carbonyl (C=O) groups excluding carboxylic acids is 2. The lowest BCUT2D eigenvalue weighted by Crippen LogP contribution is -2.40. The third-order valence-corrected chi connectivity index (χ3v) is 7.71. The molecule has 0 saturated carbocycles. The number of hydrogen-bond acceptors (Lipinski definition) is 7. The minimum absolute atomic E-state index is 0.146. The summed E-state index contributed by atoms with van der Waals surface area (Å²) in [7, 11) is 1.78. The molecule has 11 nitrogen and oxygen atoms in total. The van der Waals surface area contributed by atoms with E-state index in [1.54, 1.807) is 29.6 Å². The van der Waals surface area contributed by atoms with E-state index in [1.807, 2.05) is 44.2 Å². The molecule has 2 amide bonds. The van der Waals surface area contributed by atoms with E-state index in [4.69, 9.17) is 4.99 Å². The molecule has 2 heterocycles. The lowest BCUT2D eigenvalue weighted by molar-refractivity contribution is -0.384. The van der Waals surface area contributed by atoms with Gasteiger partial charge in [-0.25, -0.2) is 9.67 Å². The summed E-state index contributed by atoms with van der Waals surface area (Å²) in [6, 6.07) is 14.7. The first-order valence-corrected chi connectivity index (χ1v) is 13.5. The molecule has 204 valence electrons. The summed E-state index contributed by atoms with van der Waals surface area (Å²) in [5.41, 5.74) is 1.38. The van der Waals surface area contributed by atoms with Gasteiger partial charge in [-0.05, 0) is 38.5 Å². The number of nitrogens with one attached hydrogen (secondary N) is 1. The number of nitro benzene ring substituents is 1. The van der Waals surface area contributed by atoms with Gasteiger partial charge in [0.15, 0.2) is 10.9 Å². The number of aromatic nitrogens is 2. The first-order valence-electron chi connectivity index (χ1n) is 12.6. The van der Waals surface area contributed by atoms with Gasteiger partial charge in [-0.15, -0.1) is 0 Å². The monoisotopic (exact) mass is 550 g/mol. The molecule has 1 aromatic heterocycles. The molecular weight excluding hydrogens is 520 g/mol. The summed E-state index contributed by atoms with van der Waals surface area (Å²) in [6.07, 6.45) is 1.41. The molecule has 0 spiro atoms. The summed E-state index contributed by atoms with van der Waals surface area (Å²) in [4.78, 5) is 56.5. The van der Waals surface area contributed by atoms with Crippen LogP contribution in [0.3, 0.4) is 0 Å². The second kappa shape index (κ2) is 11.7. The molecule has 2 atom stereocenters. The third-order valence-electron chi connectivity index (χ3n) is 6.56. The zero-order valence-electron chi connectivity index (χ0n) is 22.2. The fourth-order valence-electron chi connectivity index (χ4n) is 4.50. The lowest BCUT2D eigenvalue weighted by Gasteiger charge is -2.24. The Hall–Kier alpha value is -4.19. The third kappa shape index (κ3) is 5.80. The van der Waals surface area contributed by atoms with Crippen LogP contribution < -0.4 is 10.9 Å². The minimum Gasteiger partial charge on any atom is -0.326 e. The second-order valence-corrected chi connectivity index (χ2v) is 10.5. The molecule has 0 aliphatic carbocycles. The van der Waals surface area contributed by atoms with Crippen molar-refractivity contribution in [1.82, 2.24) is 14.3 Å². The van der Waals surface area contributed by atoms with Gasteiger partial charge in [0.2, 0.25) is 11.8 Å². The molecule has 3 aromatic rings. The molecule has 2 aromatic carbocycles. The zero-order chi connectivity index (χ0) is 28.3. The molecular formula is C27H30N6O5S. The standard InChI is InChI=1S/C27H30N6O5S/c1-5-10-17(2)31-25(35)22(16-23(34)28-19-11-9-14-21(15-19)33(37)38)39-27(31)29-24-18(3)30(4)32(26(24)36)20-12-7-6-8-13-20/h6-9,11-15,17,22H,5,10,16H2,1-4H3,(H,28,34)/t17-,22+/m0/s1. The van der Waals surface area contributed by atoms with Gasteiger partial charge in [-0.2, -0.15) is 0 Å². The Bertz CT molecular complexity index is 1500. The Kier molecular flexibility index (Phi) is 8.34. The van der Waals surface area contributed by atoms with E-state index in [9.17, 15) is 24.5 Å². The van der Waals surface area contributed by atoms with Gasteiger partial charge >= 0.3 is 0 Å². The first kappa shape index (κ1) is 27.8. The van der Waals surface area contributed by atoms with E-state index in [-0.39, 0.29) is 41.0 Å². The average Bonchev–Trinajstić information content (AvgIpc) is 3.32. The van der Waals surface area contributed by atoms with Crippen LogP contribution in [0.15, 0.2) is 64.4 Å². The molecule has 1 aliphatic heterocycles. The highest BCUT2D eigenvalue weighted by atomic mass is 32.2. The molecule has 4 rings (SSSR count). The van der Waals surface area contributed by atoms with Gasteiger partial charge in [-0.1, -0.05) is 49.4 Å². The van der Waals surface area contributed by atoms with Gasteiger partial charge in [0, 0.05) is 37.3 Å². The number of nitrogens with zero attached hydrogens (tertiary/aromatic N) is 5. The molecule has 1 fully saturated rings. The molecule has 39 heavy (non-hydrogen) atoms. The van der Waals surface area contributed by atoms with E-state index in [0.29, 0.717) is 16.5 Å². The molecule has 0 unspecified atom stereocenters. The van der Waals surface area contributed by atoms with Crippen molar-refractivity contribution in [2.24, 2.45) is 12.0 Å². The van der Waals surface area contributed by atoms with Crippen molar-refractivity contribution in [3.05, 3.63) is 80.8 Å². The molecule has 0 radical (unpaired) electrons. The van der Waals surface area contributed by atoms with Gasteiger partial charge in [0.25, 0.3) is 11.2 Å². The quantitative estimate of drug-likeness (QED) is 0.307. The zero-order valence-corrected chi connectivity index (χ0v) is 23.0. The lowest BCUT2D eigenvalue weighted by atomic mass is 10.1. The van der Waals surface area contributed by atoms with Crippen LogP contribution in [0.5, 0.6) is 0 Å². The van der Waals surface area contributed by atoms with Crippen molar-refractivity contribution in [1.29, 1.82) is 0 Å². The predicted molar refractivity (Wildman–Crippen MR) is 152 cm³/mol. The van der Waals surface area contributed by atoms with Gasteiger partial charge in [0.1, 0.15) is 5.25 Å². The van der Waals surface area contributed by atoms with Crippen molar-refractivity contribution in [3.8, 4) is 5.69 Å². The maximum atomic E-state index is 13.5. The molecule has 1 N–H and O–H groups in total. The normalized spacial score (nSPS) is 17.0. The van der Waals surface area contributed by atoms with E-state index in [1.165, 1.54) is 22.9 Å². The first-order chi connectivity index (χ1) is 18.6. The number of para-hydroxylation sites is 1. The van der Waals surface area contributed by atoms with Crippen molar-refractivity contribution < 1.29 is 14.5 Å². The number of rotatable bonds is 9. The highest BCUT2D eigenvalue weighted by Crippen LogP contribution is 2.34. The van der Waals surface area contributed by atoms with Crippen LogP contribution in [0, 0.1) is 17.0 Å². The second-order valence-electron chi connectivity index (χ2n) is 9.32. The molecule has 12 heteroatoms. The highest BCUT2D eigenvalue weighted by Gasteiger charge is 2.41. The number of nitro groups is 1. The van der Waals surface area contributed by atoms with Gasteiger partial charge < -0.3 is 5.32 Å². The number of benzene rings is 2. The van der Waals surface area contributed by atoms with Gasteiger partial charge in [0.05, 0.1) is 16.3 Å². The topological polar surface area (TPSA) is 132 Å². The number of hydrogen-bond donors (Lipinski definition) is 1.